The number of rotatable bonds is 1. The van der Waals surface area contributed by atoms with Gasteiger partial charge in [-0.25, -0.2) is 0 Å². The van der Waals surface area contributed by atoms with Crippen molar-refractivity contribution in [3.05, 3.63) is 0 Å². The van der Waals surface area contributed by atoms with E-state index in [1.54, 1.807) is 13.8 Å². The molecule has 2 aliphatic heterocycles. The molecule has 2 fully saturated rings. The van der Waals surface area contributed by atoms with E-state index in [9.17, 15) is 9.90 Å². The Kier molecular flexibility index (Phi) is 2.97. The molecular weight excluding hydrogens is 204 g/mol. The second-order valence-corrected chi connectivity index (χ2v) is 5.65. The third kappa shape index (κ3) is 2.09. The fourth-order valence-electron chi connectivity index (χ4n) is 2.88. The Hall–Kier alpha value is -0.610. The van der Waals surface area contributed by atoms with Crippen molar-refractivity contribution >= 4 is 5.91 Å². The number of nitrogens with zero attached hydrogens (tertiary/aromatic N) is 2. The first-order valence-corrected chi connectivity index (χ1v) is 6.13. The van der Waals surface area contributed by atoms with E-state index in [-0.39, 0.29) is 5.91 Å². The van der Waals surface area contributed by atoms with Crippen molar-refractivity contribution in [2.75, 3.05) is 20.1 Å². The molecule has 2 bridgehead atoms. The predicted octanol–water partition coefficient (Wildman–Crippen LogP) is 0.452. The number of fused-ring (bicyclic) bond motifs is 2. The van der Waals surface area contributed by atoms with Gasteiger partial charge in [0.15, 0.2) is 0 Å². The van der Waals surface area contributed by atoms with Gasteiger partial charge in [0.05, 0.1) is 0 Å². The van der Waals surface area contributed by atoms with Crippen LogP contribution in [0.2, 0.25) is 0 Å². The molecule has 4 heteroatoms. The van der Waals surface area contributed by atoms with Gasteiger partial charge in [0.2, 0.25) is 0 Å². The quantitative estimate of drug-likeness (QED) is 0.706. The standard InChI is InChI=1S/C12H22N2O2/c1-12(2,16)11(15)14-7-6-9-4-5-10(8-14)13(9)3/h9-10,16H,4-8H2,1-3H3. The molecule has 16 heavy (non-hydrogen) atoms. The molecule has 2 heterocycles. The van der Waals surface area contributed by atoms with Gasteiger partial charge in [-0.15, -0.1) is 0 Å². The van der Waals surface area contributed by atoms with E-state index in [1.807, 2.05) is 4.90 Å². The van der Waals surface area contributed by atoms with Gasteiger partial charge in [0, 0.05) is 25.2 Å². The lowest BCUT2D eigenvalue weighted by Crippen LogP contribution is -2.48. The SMILES string of the molecule is CN1C2CCC1CN(C(=O)C(C)(C)O)CC2. The lowest BCUT2D eigenvalue weighted by Gasteiger charge is -2.30. The third-order valence-corrected chi connectivity index (χ3v) is 3.96. The van der Waals surface area contributed by atoms with E-state index in [0.717, 1.165) is 19.5 Å². The minimum atomic E-state index is -1.23. The van der Waals surface area contributed by atoms with Crippen LogP contribution >= 0.6 is 0 Å². The highest BCUT2D eigenvalue weighted by molar-refractivity contribution is 5.84. The average molecular weight is 226 g/mol. The van der Waals surface area contributed by atoms with Gasteiger partial charge in [0.25, 0.3) is 5.91 Å². The molecule has 2 atom stereocenters. The Labute approximate surface area is 97.2 Å². The molecule has 0 spiro atoms. The van der Waals surface area contributed by atoms with Crippen molar-refractivity contribution < 1.29 is 9.90 Å². The number of carbonyl (C=O) groups excluding carboxylic acids is 1. The van der Waals surface area contributed by atoms with Crippen LogP contribution in [0.1, 0.15) is 33.1 Å². The summed E-state index contributed by atoms with van der Waals surface area (Å²) >= 11 is 0. The summed E-state index contributed by atoms with van der Waals surface area (Å²) in [5.74, 6) is -0.131. The topological polar surface area (TPSA) is 43.8 Å². The predicted molar refractivity (Wildman–Crippen MR) is 62.1 cm³/mol. The largest absolute Gasteiger partial charge is 0.381 e. The molecule has 2 unspecified atom stereocenters. The highest BCUT2D eigenvalue weighted by Crippen LogP contribution is 2.29. The molecule has 0 saturated carbocycles. The summed E-state index contributed by atoms with van der Waals surface area (Å²) in [5, 5.41) is 9.76. The normalized spacial score (nSPS) is 31.6. The number of aliphatic hydroxyl groups is 1. The number of likely N-dealkylation sites (N-methyl/N-ethyl adjacent to an activating group) is 1. The van der Waals surface area contributed by atoms with E-state index in [2.05, 4.69) is 11.9 Å². The first-order valence-electron chi connectivity index (χ1n) is 6.13. The van der Waals surface area contributed by atoms with Gasteiger partial charge < -0.3 is 10.0 Å². The average Bonchev–Trinajstić information content (AvgIpc) is 2.39. The summed E-state index contributed by atoms with van der Waals surface area (Å²) in [4.78, 5) is 16.2. The molecular formula is C12H22N2O2. The van der Waals surface area contributed by atoms with E-state index < -0.39 is 5.60 Å². The summed E-state index contributed by atoms with van der Waals surface area (Å²) in [5.41, 5.74) is -1.23. The molecule has 1 N–H and O–H groups in total. The van der Waals surface area contributed by atoms with Gasteiger partial charge in [-0.2, -0.15) is 0 Å². The van der Waals surface area contributed by atoms with Crippen LogP contribution in [-0.4, -0.2) is 58.6 Å². The monoisotopic (exact) mass is 226 g/mol. The van der Waals surface area contributed by atoms with Crippen LogP contribution in [0.15, 0.2) is 0 Å². The second kappa shape index (κ2) is 4.00. The summed E-state index contributed by atoms with van der Waals surface area (Å²) in [6.45, 7) is 4.70. The lowest BCUT2D eigenvalue weighted by molar-refractivity contribution is -0.148. The number of amides is 1. The summed E-state index contributed by atoms with van der Waals surface area (Å²) in [7, 11) is 2.15. The van der Waals surface area contributed by atoms with Crippen molar-refractivity contribution in [2.45, 2.75) is 50.8 Å². The first kappa shape index (κ1) is 11.9. The van der Waals surface area contributed by atoms with Gasteiger partial charge in [-0.1, -0.05) is 0 Å². The molecule has 4 nitrogen and oxygen atoms in total. The summed E-state index contributed by atoms with van der Waals surface area (Å²) in [6, 6.07) is 1.11. The van der Waals surface area contributed by atoms with Crippen molar-refractivity contribution in [1.82, 2.24) is 9.80 Å². The number of hydrogen-bond donors (Lipinski definition) is 1. The first-order chi connectivity index (χ1) is 7.39. The number of carbonyl (C=O) groups is 1. The van der Waals surface area contributed by atoms with Crippen LogP contribution in [0.4, 0.5) is 0 Å². The van der Waals surface area contributed by atoms with E-state index >= 15 is 0 Å². The molecule has 0 aliphatic carbocycles. The van der Waals surface area contributed by atoms with Crippen molar-refractivity contribution in [3.8, 4) is 0 Å². The molecule has 1 amide bonds. The van der Waals surface area contributed by atoms with Crippen LogP contribution in [-0.2, 0) is 4.79 Å². The van der Waals surface area contributed by atoms with Crippen LogP contribution < -0.4 is 0 Å². The van der Waals surface area contributed by atoms with Crippen molar-refractivity contribution in [3.63, 3.8) is 0 Å². The van der Waals surface area contributed by atoms with Crippen LogP contribution in [0.25, 0.3) is 0 Å². The Balaban J connectivity index is 2.07. The van der Waals surface area contributed by atoms with Gasteiger partial charge in [-0.05, 0) is 40.2 Å². The van der Waals surface area contributed by atoms with Gasteiger partial charge in [0.1, 0.15) is 5.60 Å². The highest BCUT2D eigenvalue weighted by Gasteiger charge is 2.38. The molecule has 92 valence electrons. The Morgan fingerprint density at radius 3 is 2.50 bits per heavy atom. The van der Waals surface area contributed by atoms with Crippen LogP contribution in [0.5, 0.6) is 0 Å². The summed E-state index contributed by atoms with van der Waals surface area (Å²) in [6.07, 6.45) is 3.47. The van der Waals surface area contributed by atoms with E-state index in [0.29, 0.717) is 12.1 Å². The van der Waals surface area contributed by atoms with Gasteiger partial charge >= 0.3 is 0 Å². The second-order valence-electron chi connectivity index (χ2n) is 5.65. The third-order valence-electron chi connectivity index (χ3n) is 3.96. The molecule has 0 aromatic rings. The number of likely N-dealkylation sites (tertiary alicyclic amines) is 1. The fraction of sp³-hybridized carbons (Fsp3) is 0.917. The van der Waals surface area contributed by atoms with Gasteiger partial charge in [-0.3, -0.25) is 9.69 Å². The Bertz CT molecular complexity index is 285. The van der Waals surface area contributed by atoms with Crippen molar-refractivity contribution in [1.29, 1.82) is 0 Å². The van der Waals surface area contributed by atoms with Crippen LogP contribution in [0.3, 0.4) is 0 Å². The van der Waals surface area contributed by atoms with E-state index in [1.165, 1.54) is 12.8 Å². The fourth-order valence-corrected chi connectivity index (χ4v) is 2.88. The minimum absolute atomic E-state index is 0.131. The van der Waals surface area contributed by atoms with Crippen LogP contribution in [0, 0.1) is 0 Å². The Morgan fingerprint density at radius 1 is 1.25 bits per heavy atom. The Morgan fingerprint density at radius 2 is 1.88 bits per heavy atom. The maximum atomic E-state index is 12.0. The molecule has 2 saturated heterocycles. The zero-order valence-electron chi connectivity index (χ0n) is 10.4. The van der Waals surface area contributed by atoms with Crippen molar-refractivity contribution in [2.24, 2.45) is 0 Å². The van der Waals surface area contributed by atoms with E-state index in [4.69, 9.17) is 0 Å². The lowest BCUT2D eigenvalue weighted by atomic mass is 10.0. The zero-order valence-corrected chi connectivity index (χ0v) is 10.4. The highest BCUT2D eigenvalue weighted by atomic mass is 16.3. The minimum Gasteiger partial charge on any atom is -0.381 e. The zero-order chi connectivity index (χ0) is 11.9. The smallest absolute Gasteiger partial charge is 0.254 e. The molecule has 2 rings (SSSR count). The maximum Gasteiger partial charge on any atom is 0.254 e. The molecule has 0 radical (unpaired) electrons. The molecule has 0 aromatic heterocycles. The maximum absolute atomic E-state index is 12.0. The summed E-state index contributed by atoms with van der Waals surface area (Å²) < 4.78 is 0. The molecule has 0 aromatic carbocycles. The molecule has 2 aliphatic rings. The number of hydrogen-bond acceptors (Lipinski definition) is 3.